The standard InChI is InChI=1S/C26H27N3O3/c1-13-7-15-14(2)9-25(5,6)29-21(15)16(8-13)26(23(29)31)17(12-27)22(28)32-19-11-24(3,4)10-18(30)20(19)26/h7-9H,10-11,28H2,1-6H3/t26-/m1/s1. The molecule has 6 nitrogen and oxygen atoms in total. The number of nitrogens with zero attached hydrogens (tertiary/aromatic N) is 2. The molecule has 1 spiro atoms. The van der Waals surface area contributed by atoms with Gasteiger partial charge < -0.3 is 15.4 Å². The summed E-state index contributed by atoms with van der Waals surface area (Å²) in [5.74, 6) is -0.157. The second-order valence-electron chi connectivity index (χ2n) is 10.8. The first-order valence-corrected chi connectivity index (χ1v) is 10.9. The molecule has 6 heteroatoms. The molecule has 0 bridgehead atoms. The van der Waals surface area contributed by atoms with Crippen molar-refractivity contribution in [3.05, 3.63) is 57.7 Å². The average molecular weight is 430 g/mol. The van der Waals surface area contributed by atoms with Crippen LogP contribution in [-0.2, 0) is 19.7 Å². The fraction of sp³-hybridized carbons (Fsp3) is 0.423. The quantitative estimate of drug-likeness (QED) is 0.668. The van der Waals surface area contributed by atoms with E-state index < -0.39 is 11.0 Å². The molecule has 3 aliphatic heterocycles. The van der Waals surface area contributed by atoms with E-state index in [1.807, 2.05) is 47.6 Å². The van der Waals surface area contributed by atoms with Crippen molar-refractivity contribution in [1.29, 1.82) is 5.26 Å². The van der Waals surface area contributed by atoms with Crippen LogP contribution in [0.2, 0.25) is 0 Å². The monoisotopic (exact) mass is 429 g/mol. The first kappa shape index (κ1) is 20.6. The lowest BCUT2D eigenvalue weighted by molar-refractivity contribution is -0.126. The largest absolute Gasteiger partial charge is 0.444 e. The van der Waals surface area contributed by atoms with Crippen molar-refractivity contribution < 1.29 is 14.3 Å². The number of carbonyl (C=O) groups is 2. The van der Waals surface area contributed by atoms with Gasteiger partial charge in [-0.2, -0.15) is 5.26 Å². The van der Waals surface area contributed by atoms with Crippen LogP contribution in [-0.4, -0.2) is 17.2 Å². The fourth-order valence-electron chi connectivity index (χ4n) is 6.10. The SMILES string of the molecule is CC1=CC(C)(C)N2C(=O)[C@@]3(C(C#N)=C(N)OC4=C3C(=O)CC(C)(C)C4)c3cc(C)cc1c32. The zero-order chi connectivity index (χ0) is 23.4. The van der Waals surface area contributed by atoms with Gasteiger partial charge in [-0.15, -0.1) is 0 Å². The number of ether oxygens (including phenoxy) is 1. The predicted molar refractivity (Wildman–Crippen MR) is 121 cm³/mol. The summed E-state index contributed by atoms with van der Waals surface area (Å²) in [5, 5.41) is 10.2. The second kappa shape index (κ2) is 5.92. The maximum absolute atomic E-state index is 14.5. The molecule has 0 radical (unpaired) electrons. The number of fused-ring (bicyclic) bond motifs is 2. The molecule has 4 aliphatic rings. The van der Waals surface area contributed by atoms with E-state index in [4.69, 9.17) is 10.5 Å². The van der Waals surface area contributed by atoms with Gasteiger partial charge in [0, 0.05) is 24.0 Å². The maximum Gasteiger partial charge on any atom is 0.248 e. The Bertz CT molecular complexity index is 1290. The molecule has 5 rings (SSSR count). The Morgan fingerprint density at radius 3 is 2.47 bits per heavy atom. The lowest BCUT2D eigenvalue weighted by atomic mass is 9.62. The predicted octanol–water partition coefficient (Wildman–Crippen LogP) is 4.14. The molecule has 0 saturated carbocycles. The van der Waals surface area contributed by atoms with Crippen LogP contribution in [0.1, 0.15) is 64.2 Å². The number of hydrogen-bond acceptors (Lipinski definition) is 5. The molecule has 0 fully saturated rings. The van der Waals surface area contributed by atoms with E-state index >= 15 is 0 Å². The van der Waals surface area contributed by atoms with Crippen LogP contribution in [0, 0.1) is 23.7 Å². The normalized spacial score (nSPS) is 27.2. The number of allylic oxidation sites excluding steroid dienone is 2. The van der Waals surface area contributed by atoms with Crippen molar-refractivity contribution in [1.82, 2.24) is 0 Å². The molecule has 1 atom stereocenters. The van der Waals surface area contributed by atoms with E-state index in [2.05, 4.69) is 18.2 Å². The minimum Gasteiger partial charge on any atom is -0.444 e. The van der Waals surface area contributed by atoms with Crippen LogP contribution in [0.5, 0.6) is 0 Å². The molecule has 1 aromatic rings. The molecular weight excluding hydrogens is 402 g/mol. The van der Waals surface area contributed by atoms with Gasteiger partial charge in [0.05, 0.1) is 16.8 Å². The Morgan fingerprint density at radius 1 is 1.12 bits per heavy atom. The van der Waals surface area contributed by atoms with Gasteiger partial charge in [-0.1, -0.05) is 31.6 Å². The summed E-state index contributed by atoms with van der Waals surface area (Å²) >= 11 is 0. The number of hydrogen-bond donors (Lipinski definition) is 1. The number of nitriles is 1. The van der Waals surface area contributed by atoms with Crippen LogP contribution in [0.15, 0.2) is 41.0 Å². The summed E-state index contributed by atoms with van der Waals surface area (Å²) in [5.41, 5.74) is 8.40. The van der Waals surface area contributed by atoms with Crippen molar-refractivity contribution >= 4 is 23.0 Å². The Kier molecular flexibility index (Phi) is 3.80. The third kappa shape index (κ3) is 2.29. The summed E-state index contributed by atoms with van der Waals surface area (Å²) < 4.78 is 5.88. The van der Waals surface area contributed by atoms with Crippen LogP contribution in [0.3, 0.4) is 0 Å². The van der Waals surface area contributed by atoms with Crippen molar-refractivity contribution in [2.45, 2.75) is 65.3 Å². The van der Waals surface area contributed by atoms with Gasteiger partial charge in [0.25, 0.3) is 0 Å². The highest BCUT2D eigenvalue weighted by Crippen LogP contribution is 2.61. The Balaban J connectivity index is 1.96. The molecule has 1 amide bonds. The van der Waals surface area contributed by atoms with Crippen LogP contribution < -0.4 is 10.6 Å². The number of anilines is 1. The lowest BCUT2D eigenvalue weighted by Gasteiger charge is -2.43. The highest BCUT2D eigenvalue weighted by Gasteiger charge is 2.65. The number of amides is 1. The van der Waals surface area contributed by atoms with Crippen molar-refractivity contribution in [2.75, 3.05) is 4.90 Å². The molecule has 3 heterocycles. The summed E-state index contributed by atoms with van der Waals surface area (Å²) in [4.78, 5) is 29.9. The van der Waals surface area contributed by atoms with Crippen LogP contribution >= 0.6 is 0 Å². The van der Waals surface area contributed by atoms with Gasteiger partial charge in [0.2, 0.25) is 11.8 Å². The second-order valence-corrected chi connectivity index (χ2v) is 10.8. The Hall–Kier alpha value is -3.33. The van der Waals surface area contributed by atoms with Crippen molar-refractivity contribution in [3.63, 3.8) is 0 Å². The average Bonchev–Trinajstić information content (AvgIpc) is 2.89. The molecule has 0 unspecified atom stereocenters. The lowest BCUT2D eigenvalue weighted by Crippen LogP contribution is -2.55. The molecule has 2 N–H and O–H groups in total. The number of Topliss-reactive ketones (excluding diaryl/α,β-unsaturated/α-hetero) is 1. The van der Waals surface area contributed by atoms with E-state index in [1.165, 1.54) is 0 Å². The van der Waals surface area contributed by atoms with Crippen LogP contribution in [0.25, 0.3) is 5.57 Å². The number of aryl methyl sites for hydroxylation is 1. The summed E-state index contributed by atoms with van der Waals surface area (Å²) in [6.45, 7) is 11.9. The highest BCUT2D eigenvalue weighted by molar-refractivity contribution is 6.22. The van der Waals surface area contributed by atoms with Crippen molar-refractivity contribution in [2.24, 2.45) is 11.1 Å². The van der Waals surface area contributed by atoms with Gasteiger partial charge in [-0.05, 0) is 44.7 Å². The van der Waals surface area contributed by atoms with Gasteiger partial charge in [-0.3, -0.25) is 9.59 Å². The summed E-state index contributed by atoms with van der Waals surface area (Å²) in [6.07, 6.45) is 2.81. The Morgan fingerprint density at radius 2 is 1.81 bits per heavy atom. The van der Waals surface area contributed by atoms with E-state index in [1.54, 1.807) is 4.90 Å². The molecule has 0 saturated heterocycles. The number of ketones is 1. The molecule has 1 aliphatic carbocycles. The van der Waals surface area contributed by atoms with E-state index in [-0.39, 0.29) is 40.6 Å². The third-order valence-electron chi connectivity index (χ3n) is 7.15. The molecule has 32 heavy (non-hydrogen) atoms. The number of benzene rings is 1. The van der Waals surface area contributed by atoms with Crippen LogP contribution in [0.4, 0.5) is 5.69 Å². The first-order valence-electron chi connectivity index (χ1n) is 10.9. The van der Waals surface area contributed by atoms with E-state index in [0.717, 1.165) is 22.4 Å². The third-order valence-corrected chi connectivity index (χ3v) is 7.15. The van der Waals surface area contributed by atoms with E-state index in [9.17, 15) is 14.9 Å². The number of carbonyl (C=O) groups excluding carboxylic acids is 2. The minimum atomic E-state index is -1.58. The molecular formula is C26H27N3O3. The van der Waals surface area contributed by atoms with E-state index in [0.29, 0.717) is 17.7 Å². The van der Waals surface area contributed by atoms with Gasteiger partial charge in [-0.25, -0.2) is 0 Å². The maximum atomic E-state index is 14.5. The van der Waals surface area contributed by atoms with Gasteiger partial charge in [0.1, 0.15) is 22.8 Å². The Labute approximate surface area is 188 Å². The zero-order valence-electron chi connectivity index (χ0n) is 19.3. The molecule has 164 valence electrons. The topological polar surface area (TPSA) is 96.4 Å². The molecule has 0 aromatic heterocycles. The first-order chi connectivity index (χ1) is 14.8. The number of rotatable bonds is 0. The minimum absolute atomic E-state index is 0.00459. The number of nitrogens with two attached hydrogens (primary N) is 1. The summed E-state index contributed by atoms with van der Waals surface area (Å²) in [6, 6.07) is 6.14. The fourth-order valence-corrected chi connectivity index (χ4v) is 6.10. The highest BCUT2D eigenvalue weighted by atomic mass is 16.5. The smallest absolute Gasteiger partial charge is 0.248 e. The molecule has 1 aromatic carbocycles. The van der Waals surface area contributed by atoms with Gasteiger partial charge >= 0.3 is 0 Å². The summed E-state index contributed by atoms with van der Waals surface area (Å²) in [7, 11) is 0. The zero-order valence-corrected chi connectivity index (χ0v) is 19.3. The van der Waals surface area contributed by atoms with Crippen molar-refractivity contribution in [3.8, 4) is 6.07 Å². The van der Waals surface area contributed by atoms with Gasteiger partial charge in [0.15, 0.2) is 5.78 Å².